The second-order valence-corrected chi connectivity index (χ2v) is 4.77. The van der Waals surface area contributed by atoms with Crippen LogP contribution in [0.3, 0.4) is 0 Å². The summed E-state index contributed by atoms with van der Waals surface area (Å²) in [4.78, 5) is 15.9. The molecular weight excluding hydrogens is 264 g/mol. The van der Waals surface area contributed by atoms with Crippen LogP contribution in [0, 0.1) is 13.8 Å². The lowest BCUT2D eigenvalue weighted by atomic mass is 10.1. The molecule has 0 radical (unpaired) electrons. The minimum absolute atomic E-state index is 0.193. The molecule has 0 fully saturated rings. The number of benzene rings is 1. The van der Waals surface area contributed by atoms with Crippen molar-refractivity contribution >= 4 is 17.7 Å². The lowest BCUT2D eigenvalue weighted by molar-refractivity contribution is -0.111. The fraction of sp³-hybridized carbons (Fsp3) is 0.176. The average Bonchev–Trinajstić information content (AvgIpc) is 2.47. The number of nitrogens with one attached hydrogen (secondary N) is 1. The largest absolute Gasteiger partial charge is 0.481 e. The molecule has 1 amide bonds. The highest BCUT2D eigenvalue weighted by Gasteiger charge is 2.00. The number of aryl methyl sites for hydroxylation is 2. The fourth-order valence-electron chi connectivity index (χ4n) is 1.94. The summed E-state index contributed by atoms with van der Waals surface area (Å²) in [5.41, 5.74) is 4.01. The van der Waals surface area contributed by atoms with Gasteiger partial charge in [0.05, 0.1) is 19.0 Å². The second kappa shape index (κ2) is 6.70. The molecule has 0 spiro atoms. The summed E-state index contributed by atoms with van der Waals surface area (Å²) in [6, 6.07) is 9.56. The van der Waals surface area contributed by atoms with Crippen LogP contribution < -0.4 is 10.1 Å². The Bertz CT molecular complexity index is 661. The normalized spacial score (nSPS) is 10.6. The van der Waals surface area contributed by atoms with Crippen LogP contribution in [0.4, 0.5) is 5.69 Å². The van der Waals surface area contributed by atoms with Gasteiger partial charge in [0.2, 0.25) is 11.8 Å². The summed E-state index contributed by atoms with van der Waals surface area (Å²) in [5, 5.41) is 2.75. The van der Waals surface area contributed by atoms with Gasteiger partial charge in [-0.15, -0.1) is 0 Å². The molecule has 2 rings (SSSR count). The van der Waals surface area contributed by atoms with E-state index >= 15 is 0 Å². The van der Waals surface area contributed by atoms with Crippen molar-refractivity contribution in [3.05, 3.63) is 59.3 Å². The van der Waals surface area contributed by atoms with E-state index in [9.17, 15) is 4.79 Å². The molecular formula is C17H18N2O2. The van der Waals surface area contributed by atoms with Crippen molar-refractivity contribution in [3.63, 3.8) is 0 Å². The first-order chi connectivity index (χ1) is 10.1. The highest BCUT2D eigenvalue weighted by molar-refractivity contribution is 6.01. The Morgan fingerprint density at radius 2 is 2.05 bits per heavy atom. The summed E-state index contributed by atoms with van der Waals surface area (Å²) in [5.74, 6) is 0.320. The SMILES string of the molecule is COc1ccc(NC(=O)/C=C/c2ccc(C)cc2C)cn1. The molecule has 1 heterocycles. The van der Waals surface area contributed by atoms with Gasteiger partial charge >= 0.3 is 0 Å². The maximum atomic E-state index is 11.9. The van der Waals surface area contributed by atoms with Crippen LogP contribution >= 0.6 is 0 Å². The molecule has 0 saturated heterocycles. The topological polar surface area (TPSA) is 51.2 Å². The zero-order valence-corrected chi connectivity index (χ0v) is 12.4. The Morgan fingerprint density at radius 1 is 1.24 bits per heavy atom. The smallest absolute Gasteiger partial charge is 0.248 e. The van der Waals surface area contributed by atoms with E-state index in [-0.39, 0.29) is 5.91 Å². The van der Waals surface area contributed by atoms with Crippen molar-refractivity contribution in [1.29, 1.82) is 0 Å². The molecule has 0 saturated carbocycles. The van der Waals surface area contributed by atoms with E-state index in [4.69, 9.17) is 4.74 Å². The molecule has 1 N–H and O–H groups in total. The maximum absolute atomic E-state index is 11.9. The molecule has 1 aromatic heterocycles. The number of hydrogen-bond donors (Lipinski definition) is 1. The van der Waals surface area contributed by atoms with Gasteiger partial charge in [-0.25, -0.2) is 4.98 Å². The second-order valence-electron chi connectivity index (χ2n) is 4.77. The zero-order chi connectivity index (χ0) is 15.2. The molecule has 2 aromatic rings. The Morgan fingerprint density at radius 3 is 2.67 bits per heavy atom. The van der Waals surface area contributed by atoms with E-state index in [2.05, 4.69) is 16.4 Å². The van der Waals surface area contributed by atoms with Gasteiger partial charge in [-0.1, -0.05) is 23.8 Å². The van der Waals surface area contributed by atoms with E-state index in [0.29, 0.717) is 11.6 Å². The van der Waals surface area contributed by atoms with Crippen LogP contribution in [0.25, 0.3) is 6.08 Å². The fourth-order valence-corrected chi connectivity index (χ4v) is 1.94. The summed E-state index contributed by atoms with van der Waals surface area (Å²) in [7, 11) is 1.55. The van der Waals surface area contributed by atoms with E-state index in [0.717, 1.165) is 11.1 Å². The van der Waals surface area contributed by atoms with Gasteiger partial charge < -0.3 is 10.1 Å². The van der Waals surface area contributed by atoms with Gasteiger partial charge in [-0.05, 0) is 37.1 Å². The first-order valence-corrected chi connectivity index (χ1v) is 6.65. The van der Waals surface area contributed by atoms with Gasteiger partial charge in [0.15, 0.2) is 0 Å². The first kappa shape index (κ1) is 14.8. The maximum Gasteiger partial charge on any atom is 0.248 e. The summed E-state index contributed by atoms with van der Waals surface area (Å²) in [6.45, 7) is 4.07. The minimum Gasteiger partial charge on any atom is -0.481 e. The number of hydrogen-bond acceptors (Lipinski definition) is 3. The van der Waals surface area contributed by atoms with Gasteiger partial charge in [-0.3, -0.25) is 4.79 Å². The van der Waals surface area contributed by atoms with Crippen molar-refractivity contribution < 1.29 is 9.53 Å². The van der Waals surface area contributed by atoms with Crippen LogP contribution in [-0.4, -0.2) is 18.0 Å². The monoisotopic (exact) mass is 282 g/mol. The number of amides is 1. The van der Waals surface area contributed by atoms with Crippen LogP contribution in [-0.2, 0) is 4.79 Å². The number of aromatic nitrogens is 1. The van der Waals surface area contributed by atoms with Crippen LogP contribution in [0.15, 0.2) is 42.6 Å². The van der Waals surface area contributed by atoms with Gasteiger partial charge in [0, 0.05) is 12.1 Å². The predicted molar refractivity (Wildman–Crippen MR) is 84.4 cm³/mol. The number of nitrogens with zero attached hydrogens (tertiary/aromatic N) is 1. The third kappa shape index (κ3) is 4.18. The van der Waals surface area contributed by atoms with E-state index in [1.54, 1.807) is 31.5 Å². The molecule has 1 aromatic carbocycles. The quantitative estimate of drug-likeness (QED) is 0.875. The molecule has 0 atom stereocenters. The third-order valence-electron chi connectivity index (χ3n) is 3.05. The lowest BCUT2D eigenvalue weighted by Crippen LogP contribution is -2.08. The van der Waals surface area contributed by atoms with Gasteiger partial charge in [0.1, 0.15) is 0 Å². The van der Waals surface area contributed by atoms with Crippen LogP contribution in [0.2, 0.25) is 0 Å². The molecule has 108 valence electrons. The Kier molecular flexibility index (Phi) is 4.72. The van der Waals surface area contributed by atoms with Crippen molar-refractivity contribution in [3.8, 4) is 5.88 Å². The average molecular weight is 282 g/mol. The molecule has 4 nitrogen and oxygen atoms in total. The number of carbonyl (C=O) groups excluding carboxylic acids is 1. The Hall–Kier alpha value is -2.62. The summed E-state index contributed by atoms with van der Waals surface area (Å²) >= 11 is 0. The number of methoxy groups -OCH3 is 1. The van der Waals surface area contributed by atoms with Crippen molar-refractivity contribution in [2.75, 3.05) is 12.4 Å². The number of ether oxygens (including phenoxy) is 1. The van der Waals surface area contributed by atoms with Gasteiger partial charge in [0.25, 0.3) is 0 Å². The summed E-state index contributed by atoms with van der Waals surface area (Å²) < 4.78 is 4.96. The molecule has 0 unspecified atom stereocenters. The summed E-state index contributed by atoms with van der Waals surface area (Å²) in [6.07, 6.45) is 4.88. The van der Waals surface area contributed by atoms with E-state index in [1.807, 2.05) is 26.0 Å². The zero-order valence-electron chi connectivity index (χ0n) is 12.4. The highest BCUT2D eigenvalue weighted by atomic mass is 16.5. The van der Waals surface area contributed by atoms with Crippen molar-refractivity contribution in [1.82, 2.24) is 4.98 Å². The molecule has 0 aliphatic rings. The number of pyridine rings is 1. The van der Waals surface area contributed by atoms with Crippen molar-refractivity contribution in [2.45, 2.75) is 13.8 Å². The number of rotatable bonds is 4. The Balaban J connectivity index is 2.01. The van der Waals surface area contributed by atoms with Gasteiger partial charge in [-0.2, -0.15) is 0 Å². The minimum atomic E-state index is -0.193. The first-order valence-electron chi connectivity index (χ1n) is 6.65. The molecule has 21 heavy (non-hydrogen) atoms. The lowest BCUT2D eigenvalue weighted by Gasteiger charge is -2.04. The molecule has 0 aliphatic heterocycles. The molecule has 4 heteroatoms. The van der Waals surface area contributed by atoms with E-state index in [1.165, 1.54) is 11.6 Å². The standard InChI is InChI=1S/C17H18N2O2/c1-12-4-5-14(13(2)10-12)6-8-16(20)19-15-7-9-17(21-3)18-11-15/h4-11H,1-3H3,(H,19,20)/b8-6+. The highest BCUT2D eigenvalue weighted by Crippen LogP contribution is 2.13. The van der Waals surface area contributed by atoms with Crippen LogP contribution in [0.1, 0.15) is 16.7 Å². The van der Waals surface area contributed by atoms with Crippen molar-refractivity contribution in [2.24, 2.45) is 0 Å². The number of carbonyl (C=O) groups is 1. The number of anilines is 1. The van der Waals surface area contributed by atoms with E-state index < -0.39 is 0 Å². The molecule has 0 bridgehead atoms. The third-order valence-corrected chi connectivity index (χ3v) is 3.05. The van der Waals surface area contributed by atoms with Crippen LogP contribution in [0.5, 0.6) is 5.88 Å². The molecule has 0 aliphatic carbocycles. The Labute approximate surface area is 124 Å². The predicted octanol–water partition coefficient (Wildman–Crippen LogP) is 3.36.